The van der Waals surface area contributed by atoms with Crippen molar-refractivity contribution in [3.8, 4) is 6.07 Å². The summed E-state index contributed by atoms with van der Waals surface area (Å²) in [5.41, 5.74) is 0.944. The summed E-state index contributed by atoms with van der Waals surface area (Å²) >= 11 is 0. The molecule has 0 N–H and O–H groups in total. The first-order chi connectivity index (χ1) is 6.04. The normalized spacial score (nSPS) is 15.0. The van der Waals surface area contributed by atoms with Crippen LogP contribution in [0.4, 0.5) is 0 Å². The molecule has 72 valence electrons. The molecule has 0 saturated heterocycles. The van der Waals surface area contributed by atoms with Crippen molar-refractivity contribution < 1.29 is 0 Å². The van der Waals surface area contributed by atoms with Crippen LogP contribution in [0.1, 0.15) is 40.5 Å². The summed E-state index contributed by atoms with van der Waals surface area (Å²) in [5, 5.41) is 8.99. The zero-order valence-corrected chi connectivity index (χ0v) is 9.09. The van der Waals surface area contributed by atoms with Crippen molar-refractivity contribution in [2.24, 2.45) is 5.41 Å². The maximum absolute atomic E-state index is 8.99. The molecule has 1 heteroatoms. The van der Waals surface area contributed by atoms with Gasteiger partial charge in [0.25, 0.3) is 0 Å². The topological polar surface area (TPSA) is 23.8 Å². The monoisotopic (exact) mass is 177 g/mol. The minimum absolute atomic E-state index is 0.326. The van der Waals surface area contributed by atoms with Crippen LogP contribution in [-0.2, 0) is 0 Å². The molecular weight excluding hydrogens is 158 g/mol. The Morgan fingerprint density at radius 2 is 2.08 bits per heavy atom. The van der Waals surface area contributed by atoms with E-state index in [-0.39, 0.29) is 5.41 Å². The Hall–Kier alpha value is -1.03. The van der Waals surface area contributed by atoms with Gasteiger partial charge in [-0.3, -0.25) is 0 Å². The molecule has 0 aliphatic heterocycles. The van der Waals surface area contributed by atoms with E-state index in [4.69, 9.17) is 5.26 Å². The molecule has 0 saturated carbocycles. The molecule has 0 rings (SSSR count). The Labute approximate surface area is 81.8 Å². The summed E-state index contributed by atoms with van der Waals surface area (Å²) < 4.78 is 0. The largest absolute Gasteiger partial charge is 0.197 e. The third-order valence-electron chi connectivity index (χ3n) is 1.91. The Morgan fingerprint density at radius 3 is 2.46 bits per heavy atom. The molecule has 13 heavy (non-hydrogen) atoms. The molecule has 0 aromatic carbocycles. The molecule has 0 amide bonds. The summed E-state index contributed by atoms with van der Waals surface area (Å²) in [5.74, 6) is 0. The van der Waals surface area contributed by atoms with E-state index >= 15 is 0 Å². The number of allylic oxidation sites excluding steroid dienone is 4. The fourth-order valence-corrected chi connectivity index (χ4v) is 0.945. The molecule has 0 bridgehead atoms. The summed E-state index contributed by atoms with van der Waals surface area (Å²) in [7, 11) is 0. The number of nitrogens with zero attached hydrogens (tertiary/aromatic N) is 1. The van der Waals surface area contributed by atoms with E-state index in [1.165, 1.54) is 5.57 Å². The fourth-order valence-electron chi connectivity index (χ4n) is 0.945. The molecule has 0 heterocycles. The second-order valence-corrected chi connectivity index (χ2v) is 3.83. The van der Waals surface area contributed by atoms with Crippen LogP contribution >= 0.6 is 0 Å². The van der Waals surface area contributed by atoms with Gasteiger partial charge in [-0.15, -0.1) is 0 Å². The molecule has 1 atom stereocenters. The van der Waals surface area contributed by atoms with Gasteiger partial charge in [-0.05, 0) is 33.6 Å². The van der Waals surface area contributed by atoms with E-state index in [0.717, 1.165) is 12.8 Å². The minimum Gasteiger partial charge on any atom is -0.197 e. The minimum atomic E-state index is -0.326. The predicted molar refractivity (Wildman–Crippen MR) is 57.2 cm³/mol. The van der Waals surface area contributed by atoms with Crippen LogP contribution in [0.2, 0.25) is 0 Å². The van der Waals surface area contributed by atoms with Crippen LogP contribution in [0.3, 0.4) is 0 Å². The molecule has 1 nitrogen and oxygen atoms in total. The maximum Gasteiger partial charge on any atom is 0.0759 e. The van der Waals surface area contributed by atoms with Crippen LogP contribution in [-0.4, -0.2) is 0 Å². The van der Waals surface area contributed by atoms with Crippen molar-refractivity contribution in [1.82, 2.24) is 0 Å². The average molecular weight is 177 g/mol. The van der Waals surface area contributed by atoms with Crippen molar-refractivity contribution in [3.63, 3.8) is 0 Å². The van der Waals surface area contributed by atoms with Gasteiger partial charge >= 0.3 is 0 Å². The van der Waals surface area contributed by atoms with Gasteiger partial charge < -0.3 is 0 Å². The lowest BCUT2D eigenvalue weighted by atomic mass is 9.87. The van der Waals surface area contributed by atoms with E-state index in [9.17, 15) is 0 Å². The van der Waals surface area contributed by atoms with Crippen LogP contribution < -0.4 is 0 Å². The van der Waals surface area contributed by atoms with Crippen LogP contribution in [0.15, 0.2) is 23.8 Å². The molecule has 1 unspecified atom stereocenters. The summed E-state index contributed by atoms with van der Waals surface area (Å²) in [6.45, 7) is 8.16. The lowest BCUT2D eigenvalue weighted by Gasteiger charge is -2.14. The fraction of sp³-hybridized carbons (Fsp3) is 0.583. The highest BCUT2D eigenvalue weighted by Crippen LogP contribution is 2.23. The first-order valence-corrected chi connectivity index (χ1v) is 4.76. The molecule has 0 fully saturated rings. The zero-order valence-electron chi connectivity index (χ0n) is 9.09. The van der Waals surface area contributed by atoms with Gasteiger partial charge in [0.15, 0.2) is 0 Å². The molecule has 0 radical (unpaired) electrons. The molecule has 0 spiro atoms. The van der Waals surface area contributed by atoms with Crippen LogP contribution in [0, 0.1) is 16.7 Å². The van der Waals surface area contributed by atoms with Gasteiger partial charge in [0.2, 0.25) is 0 Å². The summed E-state index contributed by atoms with van der Waals surface area (Å²) in [6.07, 6.45) is 7.98. The van der Waals surface area contributed by atoms with Crippen molar-refractivity contribution in [3.05, 3.63) is 23.8 Å². The van der Waals surface area contributed by atoms with E-state index in [2.05, 4.69) is 39.0 Å². The molecular formula is C12H19N. The van der Waals surface area contributed by atoms with Crippen molar-refractivity contribution >= 4 is 0 Å². The van der Waals surface area contributed by atoms with Crippen LogP contribution in [0.25, 0.3) is 0 Å². The molecule has 0 aromatic heterocycles. The van der Waals surface area contributed by atoms with Crippen molar-refractivity contribution in [2.45, 2.75) is 40.5 Å². The molecule has 0 aliphatic rings. The van der Waals surface area contributed by atoms with Crippen LogP contribution in [0.5, 0.6) is 0 Å². The highest BCUT2D eigenvalue weighted by atomic mass is 14.3. The van der Waals surface area contributed by atoms with Gasteiger partial charge in [0, 0.05) is 0 Å². The Bertz CT molecular complexity index is 238. The van der Waals surface area contributed by atoms with Gasteiger partial charge in [-0.1, -0.05) is 30.7 Å². The Kier molecular flexibility index (Phi) is 5.14. The van der Waals surface area contributed by atoms with Crippen molar-refractivity contribution in [1.29, 1.82) is 5.26 Å². The number of hydrogen-bond acceptors (Lipinski definition) is 1. The number of nitriles is 1. The Balaban J connectivity index is 4.39. The number of rotatable bonds is 4. The maximum atomic E-state index is 8.99. The highest BCUT2D eigenvalue weighted by Gasteiger charge is 2.17. The summed E-state index contributed by atoms with van der Waals surface area (Å²) in [4.78, 5) is 0. The first-order valence-electron chi connectivity index (χ1n) is 4.76. The van der Waals surface area contributed by atoms with E-state index in [1.54, 1.807) is 0 Å². The van der Waals surface area contributed by atoms with Gasteiger partial charge in [0.1, 0.15) is 0 Å². The van der Waals surface area contributed by atoms with Gasteiger partial charge in [-0.2, -0.15) is 5.26 Å². The highest BCUT2D eigenvalue weighted by molar-refractivity contribution is 5.14. The third-order valence-corrected chi connectivity index (χ3v) is 1.91. The second kappa shape index (κ2) is 5.59. The van der Waals surface area contributed by atoms with Crippen molar-refractivity contribution in [2.75, 3.05) is 0 Å². The van der Waals surface area contributed by atoms with E-state index in [0.29, 0.717) is 0 Å². The SMILES string of the molecule is CCC=CC(C)(C#N)CC=C(C)C. The standard InChI is InChI=1S/C12H19N/c1-5-6-8-12(4,10-13)9-7-11(2)3/h6-8H,5,9H2,1-4H3. The second-order valence-electron chi connectivity index (χ2n) is 3.83. The van der Waals surface area contributed by atoms with Gasteiger partial charge in [-0.25, -0.2) is 0 Å². The first kappa shape index (κ1) is 12.0. The zero-order chi connectivity index (χ0) is 10.3. The lowest BCUT2D eigenvalue weighted by Crippen LogP contribution is -2.08. The molecule has 0 aliphatic carbocycles. The number of hydrogen-bond donors (Lipinski definition) is 0. The molecule has 0 aromatic rings. The quantitative estimate of drug-likeness (QED) is 0.598. The predicted octanol–water partition coefficient (Wildman–Crippen LogP) is 3.84. The lowest BCUT2D eigenvalue weighted by molar-refractivity contribution is 0.575. The average Bonchev–Trinajstić information content (AvgIpc) is 2.11. The summed E-state index contributed by atoms with van der Waals surface area (Å²) in [6, 6.07) is 2.34. The smallest absolute Gasteiger partial charge is 0.0759 e. The third kappa shape index (κ3) is 5.25. The van der Waals surface area contributed by atoms with E-state index in [1.807, 2.05) is 13.0 Å². The Morgan fingerprint density at radius 1 is 1.46 bits per heavy atom. The van der Waals surface area contributed by atoms with E-state index < -0.39 is 0 Å². The van der Waals surface area contributed by atoms with Gasteiger partial charge in [0.05, 0.1) is 11.5 Å².